The summed E-state index contributed by atoms with van der Waals surface area (Å²) < 4.78 is 0. The Morgan fingerprint density at radius 2 is 2.18 bits per heavy atom. The molecule has 1 unspecified atom stereocenters. The van der Waals surface area contributed by atoms with Gasteiger partial charge in [0.1, 0.15) is 0 Å². The van der Waals surface area contributed by atoms with Gasteiger partial charge in [0, 0.05) is 0 Å². The fourth-order valence-corrected chi connectivity index (χ4v) is 2.39. The Bertz CT molecular complexity index is 533. The average Bonchev–Trinajstić information content (AvgIpc) is 2.47. The minimum atomic E-state index is -0.247. The van der Waals surface area contributed by atoms with Crippen LogP contribution in [-0.4, -0.2) is 17.3 Å². The highest BCUT2D eigenvalue weighted by atomic mass is 16.1. The average molecular weight is 227 g/mol. The minimum absolute atomic E-state index is 0.0295. The maximum atomic E-state index is 12.1. The molecular formula is C13H13N3O. The lowest BCUT2D eigenvalue weighted by Crippen LogP contribution is -2.35. The lowest BCUT2D eigenvalue weighted by atomic mass is 9.85. The van der Waals surface area contributed by atoms with Crippen LogP contribution in [0.3, 0.4) is 0 Å². The van der Waals surface area contributed by atoms with E-state index in [2.05, 4.69) is 10.3 Å². The smallest absolute Gasteiger partial charge is 0.233 e. The highest BCUT2D eigenvalue weighted by Crippen LogP contribution is 2.32. The molecule has 1 aromatic rings. The topological polar surface area (TPSA) is 65.3 Å². The van der Waals surface area contributed by atoms with Crippen LogP contribution in [0.2, 0.25) is 0 Å². The molecule has 1 atom stereocenters. The number of benzene rings is 1. The molecule has 1 amide bonds. The summed E-state index contributed by atoms with van der Waals surface area (Å²) in [5.41, 5.74) is 2.66. The normalized spacial score (nSPS) is 23.1. The number of rotatable bonds is 0. The largest absolute Gasteiger partial charge is 0.324 e. The zero-order chi connectivity index (χ0) is 11.8. The van der Waals surface area contributed by atoms with E-state index in [9.17, 15) is 4.79 Å². The molecule has 1 saturated carbocycles. The molecule has 0 aromatic heterocycles. The molecular weight excluding hydrogens is 214 g/mol. The number of carbonyl (C=O) groups excluding carboxylic acids is 1. The predicted molar refractivity (Wildman–Crippen MR) is 67.2 cm³/mol. The monoisotopic (exact) mass is 227 g/mol. The van der Waals surface area contributed by atoms with Gasteiger partial charge in [-0.1, -0.05) is 12.1 Å². The van der Waals surface area contributed by atoms with Crippen molar-refractivity contribution in [1.82, 2.24) is 0 Å². The number of anilines is 1. The molecule has 0 spiro atoms. The summed E-state index contributed by atoms with van der Waals surface area (Å²) in [5.74, 6) is -0.276. The van der Waals surface area contributed by atoms with Crippen molar-refractivity contribution in [3.63, 3.8) is 0 Å². The van der Waals surface area contributed by atoms with Crippen molar-refractivity contribution in [3.05, 3.63) is 24.3 Å². The summed E-state index contributed by atoms with van der Waals surface area (Å²) >= 11 is 0. The molecule has 2 aliphatic rings. The van der Waals surface area contributed by atoms with Crippen LogP contribution in [-0.2, 0) is 4.79 Å². The Hall–Kier alpha value is -1.97. The summed E-state index contributed by atoms with van der Waals surface area (Å²) in [4.78, 5) is 16.6. The van der Waals surface area contributed by atoms with E-state index in [-0.39, 0.29) is 11.8 Å². The first-order valence-electron chi connectivity index (χ1n) is 5.82. The van der Waals surface area contributed by atoms with Gasteiger partial charge in [-0.15, -0.1) is 0 Å². The molecule has 0 radical (unpaired) electrons. The lowest BCUT2D eigenvalue weighted by Gasteiger charge is -2.21. The molecule has 1 aliphatic carbocycles. The molecule has 17 heavy (non-hydrogen) atoms. The van der Waals surface area contributed by atoms with Crippen molar-refractivity contribution in [2.24, 2.45) is 10.9 Å². The van der Waals surface area contributed by atoms with Gasteiger partial charge in [-0.2, -0.15) is 0 Å². The van der Waals surface area contributed by atoms with Gasteiger partial charge >= 0.3 is 0 Å². The van der Waals surface area contributed by atoms with Crippen LogP contribution >= 0.6 is 0 Å². The number of fused-ring (bicyclic) bond motifs is 2. The summed E-state index contributed by atoms with van der Waals surface area (Å²) in [6.07, 6.45) is 2.41. The van der Waals surface area contributed by atoms with Gasteiger partial charge in [-0.25, -0.2) is 4.99 Å². The lowest BCUT2D eigenvalue weighted by molar-refractivity contribution is -0.118. The Morgan fingerprint density at radius 1 is 1.35 bits per heavy atom. The molecule has 1 fully saturated rings. The molecule has 4 heteroatoms. The molecule has 1 heterocycles. The van der Waals surface area contributed by atoms with E-state index in [1.165, 1.54) is 0 Å². The fourth-order valence-electron chi connectivity index (χ4n) is 2.39. The number of carbonyl (C=O) groups is 1. The van der Waals surface area contributed by atoms with Gasteiger partial charge in [0.2, 0.25) is 5.91 Å². The van der Waals surface area contributed by atoms with Crippen LogP contribution in [0.1, 0.15) is 19.3 Å². The number of nitrogens with one attached hydrogen (secondary N) is 2. The zero-order valence-electron chi connectivity index (χ0n) is 9.36. The van der Waals surface area contributed by atoms with E-state index in [1.54, 1.807) is 0 Å². The summed E-state index contributed by atoms with van der Waals surface area (Å²) in [6, 6.07) is 7.48. The van der Waals surface area contributed by atoms with Crippen molar-refractivity contribution in [3.8, 4) is 0 Å². The number of nitrogens with zero attached hydrogens (tertiary/aromatic N) is 1. The first-order chi connectivity index (χ1) is 8.25. The Morgan fingerprint density at radius 3 is 3.06 bits per heavy atom. The molecule has 3 rings (SSSR count). The quantitative estimate of drug-likeness (QED) is 0.702. The first kappa shape index (κ1) is 10.2. The van der Waals surface area contributed by atoms with E-state index < -0.39 is 0 Å². The van der Waals surface area contributed by atoms with E-state index in [4.69, 9.17) is 5.41 Å². The highest BCUT2D eigenvalue weighted by Gasteiger charge is 2.32. The molecule has 1 aromatic carbocycles. The van der Waals surface area contributed by atoms with Crippen LogP contribution in [0, 0.1) is 11.3 Å². The summed E-state index contributed by atoms with van der Waals surface area (Å²) in [7, 11) is 0. The number of hydrogen-bond acceptors (Lipinski definition) is 3. The van der Waals surface area contributed by atoms with Gasteiger partial charge in [-0.3, -0.25) is 4.79 Å². The fraction of sp³-hybridized carbons (Fsp3) is 0.308. The highest BCUT2D eigenvalue weighted by molar-refractivity contribution is 6.47. The minimum Gasteiger partial charge on any atom is -0.324 e. The number of aliphatic imine (C=N–C) groups is 1. The number of amides is 1. The maximum absolute atomic E-state index is 12.1. The Balaban J connectivity index is 2.14. The Labute approximate surface area is 99.3 Å². The first-order valence-corrected chi connectivity index (χ1v) is 5.82. The van der Waals surface area contributed by atoms with E-state index >= 15 is 0 Å². The van der Waals surface area contributed by atoms with Gasteiger partial charge in [-0.05, 0) is 31.4 Å². The maximum Gasteiger partial charge on any atom is 0.233 e. The van der Waals surface area contributed by atoms with Crippen LogP contribution in [0.4, 0.5) is 11.4 Å². The third-order valence-corrected chi connectivity index (χ3v) is 3.28. The predicted octanol–water partition coefficient (Wildman–Crippen LogP) is 2.53. The number of para-hydroxylation sites is 2. The number of hydrogen-bond donors (Lipinski definition) is 2. The van der Waals surface area contributed by atoms with Gasteiger partial charge < -0.3 is 10.7 Å². The zero-order valence-corrected chi connectivity index (χ0v) is 9.36. The van der Waals surface area contributed by atoms with Crippen LogP contribution in [0.5, 0.6) is 0 Å². The van der Waals surface area contributed by atoms with Crippen molar-refractivity contribution < 1.29 is 4.79 Å². The second kappa shape index (κ2) is 3.80. The summed E-state index contributed by atoms with van der Waals surface area (Å²) in [6.45, 7) is 0. The SMILES string of the molecule is N=C1CCCC2C(=O)Nc3ccccc3N=C12. The Kier molecular flexibility index (Phi) is 2.28. The summed E-state index contributed by atoms with van der Waals surface area (Å²) in [5, 5.41) is 10.8. The molecule has 1 aliphatic heterocycles. The van der Waals surface area contributed by atoms with E-state index in [0.717, 1.165) is 30.6 Å². The van der Waals surface area contributed by atoms with E-state index in [0.29, 0.717) is 11.4 Å². The van der Waals surface area contributed by atoms with Gasteiger partial charge in [0.15, 0.2) is 0 Å². The molecule has 86 valence electrons. The standard InChI is InChI=1S/C13H13N3O/c14-9-5-3-4-8-12(9)15-10-6-1-2-7-11(10)16-13(8)17/h1-2,6-8,14H,3-5H2,(H,16,17). The molecule has 4 nitrogen and oxygen atoms in total. The third-order valence-electron chi connectivity index (χ3n) is 3.28. The van der Waals surface area contributed by atoms with Crippen LogP contribution in [0.15, 0.2) is 29.3 Å². The third kappa shape index (κ3) is 1.65. The van der Waals surface area contributed by atoms with Gasteiger partial charge in [0.25, 0.3) is 0 Å². The van der Waals surface area contributed by atoms with Crippen LogP contribution in [0.25, 0.3) is 0 Å². The second-order valence-electron chi connectivity index (χ2n) is 4.43. The molecule has 2 N–H and O–H groups in total. The van der Waals surface area contributed by atoms with Crippen LogP contribution < -0.4 is 5.32 Å². The molecule has 0 saturated heterocycles. The van der Waals surface area contributed by atoms with Crippen molar-refractivity contribution >= 4 is 28.7 Å². The van der Waals surface area contributed by atoms with E-state index in [1.807, 2.05) is 24.3 Å². The second-order valence-corrected chi connectivity index (χ2v) is 4.43. The molecule has 0 bridgehead atoms. The van der Waals surface area contributed by atoms with Crippen molar-refractivity contribution in [2.45, 2.75) is 19.3 Å². The van der Waals surface area contributed by atoms with Crippen molar-refractivity contribution in [2.75, 3.05) is 5.32 Å². The van der Waals surface area contributed by atoms with Gasteiger partial charge in [0.05, 0.1) is 28.7 Å². The van der Waals surface area contributed by atoms with Crippen molar-refractivity contribution in [1.29, 1.82) is 5.41 Å².